The standard InChI is InChI=1S/C12H21NO3/c1-6-8-13-12(9-15-5,10(3)4)11(14)16-7-2/h1,10,13H,7-9H2,2-5H3. The van der Waals surface area contributed by atoms with Crippen molar-refractivity contribution >= 4 is 5.97 Å². The summed E-state index contributed by atoms with van der Waals surface area (Å²) in [6.07, 6.45) is 5.20. The summed E-state index contributed by atoms with van der Waals surface area (Å²) >= 11 is 0. The minimum atomic E-state index is -0.864. The molecule has 1 unspecified atom stereocenters. The fourth-order valence-electron chi connectivity index (χ4n) is 1.48. The molecule has 92 valence electrons. The average Bonchev–Trinajstić information content (AvgIpc) is 2.24. The van der Waals surface area contributed by atoms with Crippen molar-refractivity contribution in [3.8, 4) is 12.3 Å². The van der Waals surface area contributed by atoms with E-state index in [-0.39, 0.29) is 18.5 Å². The van der Waals surface area contributed by atoms with Crippen molar-refractivity contribution in [2.75, 3.05) is 26.9 Å². The fraction of sp³-hybridized carbons (Fsp3) is 0.750. The molecule has 0 saturated carbocycles. The number of terminal acetylenes is 1. The van der Waals surface area contributed by atoms with Gasteiger partial charge in [-0.15, -0.1) is 6.42 Å². The van der Waals surface area contributed by atoms with Crippen LogP contribution in [0.2, 0.25) is 0 Å². The molecule has 0 aliphatic heterocycles. The number of esters is 1. The number of methoxy groups -OCH3 is 1. The zero-order chi connectivity index (χ0) is 12.6. The molecule has 0 aliphatic rings. The van der Waals surface area contributed by atoms with Crippen LogP contribution in [0.25, 0.3) is 0 Å². The quantitative estimate of drug-likeness (QED) is 0.516. The number of carbonyl (C=O) groups excluding carboxylic acids is 1. The van der Waals surface area contributed by atoms with Gasteiger partial charge in [0.2, 0.25) is 0 Å². The lowest BCUT2D eigenvalue weighted by molar-refractivity contribution is -0.156. The Morgan fingerprint density at radius 1 is 1.56 bits per heavy atom. The highest BCUT2D eigenvalue weighted by Crippen LogP contribution is 2.19. The van der Waals surface area contributed by atoms with Crippen LogP contribution < -0.4 is 5.32 Å². The molecule has 0 saturated heterocycles. The molecule has 0 rings (SSSR count). The second-order valence-corrected chi connectivity index (χ2v) is 3.84. The third-order valence-electron chi connectivity index (χ3n) is 2.50. The molecule has 1 N–H and O–H groups in total. The van der Waals surface area contributed by atoms with Crippen molar-refractivity contribution in [2.45, 2.75) is 26.3 Å². The highest BCUT2D eigenvalue weighted by molar-refractivity contribution is 5.81. The first kappa shape index (κ1) is 14.9. The largest absolute Gasteiger partial charge is 0.465 e. The van der Waals surface area contributed by atoms with Crippen molar-refractivity contribution < 1.29 is 14.3 Å². The summed E-state index contributed by atoms with van der Waals surface area (Å²) in [5.74, 6) is 2.17. The van der Waals surface area contributed by atoms with E-state index < -0.39 is 5.54 Å². The van der Waals surface area contributed by atoms with Gasteiger partial charge in [0.15, 0.2) is 0 Å². The summed E-state index contributed by atoms with van der Waals surface area (Å²) < 4.78 is 10.2. The molecule has 0 aromatic rings. The van der Waals surface area contributed by atoms with E-state index in [9.17, 15) is 4.79 Å². The van der Waals surface area contributed by atoms with Crippen molar-refractivity contribution in [1.29, 1.82) is 0 Å². The van der Waals surface area contributed by atoms with E-state index in [2.05, 4.69) is 11.2 Å². The topological polar surface area (TPSA) is 47.6 Å². The van der Waals surface area contributed by atoms with Crippen LogP contribution in [0.3, 0.4) is 0 Å². The monoisotopic (exact) mass is 227 g/mol. The first-order chi connectivity index (χ1) is 7.55. The zero-order valence-corrected chi connectivity index (χ0v) is 10.5. The molecule has 0 fully saturated rings. The molecule has 0 radical (unpaired) electrons. The average molecular weight is 227 g/mol. The van der Waals surface area contributed by atoms with Crippen LogP contribution in [0.1, 0.15) is 20.8 Å². The van der Waals surface area contributed by atoms with E-state index >= 15 is 0 Å². The third-order valence-corrected chi connectivity index (χ3v) is 2.50. The second kappa shape index (κ2) is 7.26. The van der Waals surface area contributed by atoms with Gasteiger partial charge in [0.05, 0.1) is 19.8 Å². The summed E-state index contributed by atoms with van der Waals surface area (Å²) in [6, 6.07) is 0. The number of hydrogen-bond donors (Lipinski definition) is 1. The van der Waals surface area contributed by atoms with Gasteiger partial charge < -0.3 is 9.47 Å². The molecule has 0 aliphatic carbocycles. The summed E-state index contributed by atoms with van der Waals surface area (Å²) in [6.45, 7) is 6.52. The Labute approximate surface area is 97.7 Å². The predicted molar refractivity (Wildman–Crippen MR) is 62.9 cm³/mol. The molecule has 0 bridgehead atoms. The lowest BCUT2D eigenvalue weighted by Crippen LogP contribution is -2.60. The summed E-state index contributed by atoms with van der Waals surface area (Å²) in [5.41, 5.74) is -0.864. The second-order valence-electron chi connectivity index (χ2n) is 3.84. The normalized spacial score (nSPS) is 14.2. The zero-order valence-electron chi connectivity index (χ0n) is 10.5. The van der Waals surface area contributed by atoms with Gasteiger partial charge in [-0.05, 0) is 12.8 Å². The lowest BCUT2D eigenvalue weighted by atomic mass is 9.87. The minimum Gasteiger partial charge on any atom is -0.465 e. The molecule has 0 amide bonds. The maximum Gasteiger partial charge on any atom is 0.329 e. The van der Waals surface area contributed by atoms with Gasteiger partial charge in [0.25, 0.3) is 0 Å². The molecular formula is C12H21NO3. The van der Waals surface area contributed by atoms with Gasteiger partial charge in [0, 0.05) is 7.11 Å². The maximum absolute atomic E-state index is 12.0. The van der Waals surface area contributed by atoms with E-state index in [4.69, 9.17) is 15.9 Å². The van der Waals surface area contributed by atoms with Crippen LogP contribution >= 0.6 is 0 Å². The highest BCUT2D eigenvalue weighted by Gasteiger charge is 2.42. The van der Waals surface area contributed by atoms with Crippen LogP contribution in [0.5, 0.6) is 0 Å². The van der Waals surface area contributed by atoms with E-state index in [1.54, 1.807) is 14.0 Å². The van der Waals surface area contributed by atoms with Crippen molar-refractivity contribution in [1.82, 2.24) is 5.32 Å². The molecule has 1 atom stereocenters. The Balaban J connectivity index is 4.92. The third kappa shape index (κ3) is 3.51. The Morgan fingerprint density at radius 3 is 2.56 bits per heavy atom. The first-order valence-electron chi connectivity index (χ1n) is 5.39. The minimum absolute atomic E-state index is 0.0276. The van der Waals surface area contributed by atoms with Crippen molar-refractivity contribution in [2.24, 2.45) is 5.92 Å². The summed E-state index contributed by atoms with van der Waals surface area (Å²) in [7, 11) is 1.55. The maximum atomic E-state index is 12.0. The van der Waals surface area contributed by atoms with Crippen LogP contribution in [0, 0.1) is 18.3 Å². The van der Waals surface area contributed by atoms with Gasteiger partial charge in [-0.1, -0.05) is 19.8 Å². The number of rotatable bonds is 7. The van der Waals surface area contributed by atoms with E-state index in [0.717, 1.165) is 0 Å². The van der Waals surface area contributed by atoms with E-state index in [1.165, 1.54) is 0 Å². The number of carbonyl (C=O) groups is 1. The van der Waals surface area contributed by atoms with Gasteiger partial charge in [-0.25, -0.2) is 4.79 Å². The molecule has 4 nitrogen and oxygen atoms in total. The van der Waals surface area contributed by atoms with E-state index in [1.807, 2.05) is 13.8 Å². The van der Waals surface area contributed by atoms with Crippen LogP contribution in [-0.2, 0) is 14.3 Å². The smallest absolute Gasteiger partial charge is 0.329 e. The SMILES string of the molecule is C#CCNC(COC)(C(=O)OCC)C(C)C. The molecule has 0 heterocycles. The van der Waals surface area contributed by atoms with Crippen molar-refractivity contribution in [3.63, 3.8) is 0 Å². The van der Waals surface area contributed by atoms with Gasteiger partial charge in [-0.3, -0.25) is 5.32 Å². The van der Waals surface area contributed by atoms with Crippen LogP contribution in [0.15, 0.2) is 0 Å². The number of hydrogen-bond acceptors (Lipinski definition) is 4. The van der Waals surface area contributed by atoms with Crippen LogP contribution in [0.4, 0.5) is 0 Å². The Hall–Kier alpha value is -1.05. The van der Waals surface area contributed by atoms with Gasteiger partial charge >= 0.3 is 5.97 Å². The van der Waals surface area contributed by atoms with Crippen molar-refractivity contribution in [3.05, 3.63) is 0 Å². The highest BCUT2D eigenvalue weighted by atomic mass is 16.5. The predicted octanol–water partition coefficient (Wildman–Crippen LogP) is 0.813. The molecule has 0 aromatic heterocycles. The first-order valence-corrected chi connectivity index (χ1v) is 5.39. The van der Waals surface area contributed by atoms with E-state index in [0.29, 0.717) is 13.2 Å². The number of ether oxygens (including phenoxy) is 2. The molecule has 4 heteroatoms. The molecular weight excluding hydrogens is 206 g/mol. The summed E-state index contributed by atoms with van der Waals surface area (Å²) in [4.78, 5) is 12.0. The Bertz CT molecular complexity index is 257. The Kier molecular flexibility index (Phi) is 6.78. The molecule has 0 spiro atoms. The van der Waals surface area contributed by atoms with Gasteiger partial charge in [-0.2, -0.15) is 0 Å². The Morgan fingerprint density at radius 2 is 2.19 bits per heavy atom. The summed E-state index contributed by atoms with van der Waals surface area (Å²) in [5, 5.41) is 3.03. The number of nitrogens with one attached hydrogen (secondary N) is 1. The van der Waals surface area contributed by atoms with Gasteiger partial charge in [0.1, 0.15) is 5.54 Å². The fourth-order valence-corrected chi connectivity index (χ4v) is 1.48. The molecule has 16 heavy (non-hydrogen) atoms. The molecule has 0 aromatic carbocycles. The lowest BCUT2D eigenvalue weighted by Gasteiger charge is -2.34. The van der Waals surface area contributed by atoms with Crippen LogP contribution in [-0.4, -0.2) is 38.4 Å².